The van der Waals surface area contributed by atoms with E-state index in [1.54, 1.807) is 12.4 Å². The number of piperazine rings is 1. The number of rotatable bonds is 7. The maximum Gasteiger partial charge on any atom is 0.229 e. The van der Waals surface area contributed by atoms with Crippen molar-refractivity contribution in [2.45, 2.75) is 33.1 Å². The van der Waals surface area contributed by atoms with Gasteiger partial charge in [0.25, 0.3) is 0 Å². The van der Waals surface area contributed by atoms with Gasteiger partial charge in [0.1, 0.15) is 5.76 Å². The van der Waals surface area contributed by atoms with Crippen LogP contribution in [-0.2, 0) is 6.42 Å². The van der Waals surface area contributed by atoms with Crippen molar-refractivity contribution in [3.8, 4) is 11.5 Å². The van der Waals surface area contributed by atoms with Gasteiger partial charge >= 0.3 is 0 Å². The Balaban J connectivity index is 1.08. The Labute approximate surface area is 199 Å². The third-order valence-corrected chi connectivity index (χ3v) is 6.62. The predicted octanol–water partition coefficient (Wildman–Crippen LogP) is 4.93. The van der Waals surface area contributed by atoms with E-state index >= 15 is 0 Å². The summed E-state index contributed by atoms with van der Waals surface area (Å²) in [5.74, 6) is 2.17. The normalized spacial score (nSPS) is 14.6. The zero-order chi connectivity index (χ0) is 23.5. The number of nitrogens with one attached hydrogen (secondary N) is 1. The Kier molecular flexibility index (Phi) is 6.28. The van der Waals surface area contributed by atoms with Gasteiger partial charge in [0.05, 0.1) is 17.8 Å². The van der Waals surface area contributed by atoms with Gasteiger partial charge in [0.2, 0.25) is 11.8 Å². The summed E-state index contributed by atoms with van der Waals surface area (Å²) in [5, 5.41) is 1.18. The highest BCUT2D eigenvalue weighted by Gasteiger charge is 2.19. The van der Waals surface area contributed by atoms with Gasteiger partial charge in [-0.05, 0) is 62.7 Å². The molecule has 1 aliphatic rings. The predicted molar refractivity (Wildman–Crippen MR) is 133 cm³/mol. The summed E-state index contributed by atoms with van der Waals surface area (Å²) in [7, 11) is 0. The Morgan fingerprint density at radius 3 is 2.59 bits per heavy atom. The van der Waals surface area contributed by atoms with E-state index in [0.29, 0.717) is 11.6 Å². The first kappa shape index (κ1) is 22.1. The first-order chi connectivity index (χ1) is 16.6. The van der Waals surface area contributed by atoms with Crippen LogP contribution >= 0.6 is 0 Å². The number of aromatic amines is 1. The molecule has 34 heavy (non-hydrogen) atoms. The van der Waals surface area contributed by atoms with Crippen LogP contribution in [0.1, 0.15) is 29.9 Å². The third-order valence-electron chi connectivity index (χ3n) is 6.62. The van der Waals surface area contributed by atoms with Gasteiger partial charge in [-0.2, -0.15) is 0 Å². The molecule has 0 saturated carbocycles. The largest absolute Gasteiger partial charge is 0.441 e. The maximum atomic E-state index is 7.24. The number of hydrogen-bond donors (Lipinski definition) is 1. The fraction of sp³-hybridized carbons (Fsp3) is 0.385. The summed E-state index contributed by atoms with van der Waals surface area (Å²) in [6, 6.07) is 5.86. The maximum absolute atomic E-state index is 7.24. The standard InChI is InChI=1S/C26H29N7O/c1-18-19(2)34-25(31-18)21-16-29-26(30-17-21)33-12-10-32(11-13-33)9-5-4-6-20-15-28-24-8-7-22(27-3)14-23(20)24/h7-8,14-17,28H,4-6,9-13H2,1-2H3. The fourth-order valence-corrected chi connectivity index (χ4v) is 4.46. The first-order valence-corrected chi connectivity index (χ1v) is 11.8. The van der Waals surface area contributed by atoms with E-state index in [9.17, 15) is 0 Å². The molecular weight excluding hydrogens is 426 g/mol. The van der Waals surface area contributed by atoms with Crippen molar-refractivity contribution in [2.24, 2.45) is 0 Å². The second-order valence-corrected chi connectivity index (χ2v) is 8.87. The second-order valence-electron chi connectivity index (χ2n) is 8.87. The van der Waals surface area contributed by atoms with Crippen LogP contribution in [0.4, 0.5) is 11.6 Å². The monoisotopic (exact) mass is 455 g/mol. The Morgan fingerprint density at radius 2 is 1.88 bits per heavy atom. The molecule has 4 aromatic rings. The smallest absolute Gasteiger partial charge is 0.229 e. The van der Waals surface area contributed by atoms with Crippen molar-refractivity contribution in [1.29, 1.82) is 0 Å². The molecule has 1 N–H and O–H groups in total. The van der Waals surface area contributed by atoms with Crippen LogP contribution in [0.15, 0.2) is 41.2 Å². The highest BCUT2D eigenvalue weighted by molar-refractivity contribution is 5.86. The number of anilines is 1. The van der Waals surface area contributed by atoms with E-state index in [4.69, 9.17) is 11.0 Å². The second kappa shape index (κ2) is 9.65. The van der Waals surface area contributed by atoms with Gasteiger partial charge in [0, 0.05) is 50.3 Å². The summed E-state index contributed by atoms with van der Waals surface area (Å²) >= 11 is 0. The zero-order valence-electron chi connectivity index (χ0n) is 19.7. The van der Waals surface area contributed by atoms with Crippen molar-refractivity contribution in [1.82, 2.24) is 24.8 Å². The van der Waals surface area contributed by atoms with Gasteiger partial charge in [-0.25, -0.2) is 19.8 Å². The lowest BCUT2D eigenvalue weighted by molar-refractivity contribution is 0.252. The summed E-state index contributed by atoms with van der Waals surface area (Å²) < 4.78 is 5.68. The number of aromatic nitrogens is 4. The lowest BCUT2D eigenvalue weighted by atomic mass is 10.1. The molecule has 5 rings (SSSR count). The van der Waals surface area contributed by atoms with Gasteiger partial charge in [-0.15, -0.1) is 0 Å². The fourth-order valence-electron chi connectivity index (χ4n) is 4.46. The highest BCUT2D eigenvalue weighted by atomic mass is 16.4. The minimum atomic E-state index is 0.575. The van der Waals surface area contributed by atoms with Crippen LogP contribution in [0.25, 0.3) is 27.2 Å². The minimum Gasteiger partial charge on any atom is -0.441 e. The SMILES string of the molecule is [C-]#[N+]c1ccc2[nH]cc(CCCCN3CCN(c4ncc(-c5nc(C)c(C)o5)cn4)CC3)c2c1. The summed E-state index contributed by atoms with van der Waals surface area (Å²) in [5.41, 5.74) is 4.82. The van der Waals surface area contributed by atoms with Gasteiger partial charge < -0.3 is 14.3 Å². The van der Waals surface area contributed by atoms with E-state index < -0.39 is 0 Å². The summed E-state index contributed by atoms with van der Waals surface area (Å²) in [6.07, 6.45) is 9.02. The van der Waals surface area contributed by atoms with Gasteiger partial charge in [0.15, 0.2) is 5.69 Å². The van der Waals surface area contributed by atoms with Crippen molar-refractivity contribution in [3.63, 3.8) is 0 Å². The minimum absolute atomic E-state index is 0.575. The molecule has 1 aromatic carbocycles. The number of nitrogens with zero attached hydrogens (tertiary/aromatic N) is 6. The highest BCUT2D eigenvalue weighted by Crippen LogP contribution is 2.25. The Morgan fingerprint density at radius 1 is 1.09 bits per heavy atom. The van der Waals surface area contributed by atoms with Crippen molar-refractivity contribution in [3.05, 3.63) is 65.2 Å². The van der Waals surface area contributed by atoms with E-state index in [2.05, 4.69) is 40.8 Å². The first-order valence-electron chi connectivity index (χ1n) is 11.8. The van der Waals surface area contributed by atoms with Crippen molar-refractivity contribution >= 4 is 22.5 Å². The molecule has 3 aromatic heterocycles. The molecule has 8 nitrogen and oxygen atoms in total. The molecule has 0 bridgehead atoms. The molecule has 1 fully saturated rings. The average molecular weight is 456 g/mol. The quantitative estimate of drug-likeness (QED) is 0.315. The van der Waals surface area contributed by atoms with Crippen LogP contribution in [0.5, 0.6) is 0 Å². The number of fused-ring (bicyclic) bond motifs is 1. The van der Waals surface area contributed by atoms with E-state index in [-0.39, 0.29) is 0 Å². The molecule has 0 radical (unpaired) electrons. The number of hydrogen-bond acceptors (Lipinski definition) is 6. The van der Waals surface area contributed by atoms with Crippen molar-refractivity contribution < 1.29 is 4.42 Å². The van der Waals surface area contributed by atoms with E-state index in [0.717, 1.165) is 80.5 Å². The Hall–Kier alpha value is -3.70. The number of unbranched alkanes of at least 4 members (excludes halogenated alkanes) is 1. The van der Waals surface area contributed by atoms with Crippen LogP contribution in [0, 0.1) is 20.4 Å². The third kappa shape index (κ3) is 4.66. The molecule has 0 unspecified atom stereocenters. The molecule has 0 aliphatic carbocycles. The lowest BCUT2D eigenvalue weighted by Crippen LogP contribution is -2.47. The average Bonchev–Trinajstić information content (AvgIpc) is 3.44. The van der Waals surface area contributed by atoms with Crippen LogP contribution < -0.4 is 4.90 Å². The number of aryl methyl sites for hydroxylation is 3. The van der Waals surface area contributed by atoms with Crippen LogP contribution in [0.3, 0.4) is 0 Å². The van der Waals surface area contributed by atoms with Crippen LogP contribution in [0.2, 0.25) is 0 Å². The summed E-state index contributed by atoms with van der Waals surface area (Å²) in [4.78, 5) is 25.2. The molecule has 0 atom stereocenters. The van der Waals surface area contributed by atoms with E-state index in [1.165, 1.54) is 10.9 Å². The summed E-state index contributed by atoms with van der Waals surface area (Å²) in [6.45, 7) is 16.1. The van der Waals surface area contributed by atoms with Gasteiger partial charge in [-0.3, -0.25) is 4.90 Å². The molecule has 1 aliphatic heterocycles. The lowest BCUT2D eigenvalue weighted by Gasteiger charge is -2.34. The molecule has 1 saturated heterocycles. The molecule has 0 amide bonds. The molecule has 4 heterocycles. The zero-order valence-corrected chi connectivity index (χ0v) is 19.7. The molecule has 0 spiro atoms. The van der Waals surface area contributed by atoms with Crippen molar-refractivity contribution in [2.75, 3.05) is 37.6 Å². The molecular formula is C26H29N7O. The molecule has 174 valence electrons. The number of benzene rings is 1. The Bertz CT molecular complexity index is 1290. The molecule has 8 heteroatoms. The van der Waals surface area contributed by atoms with E-state index in [1.807, 2.05) is 32.0 Å². The topological polar surface area (TPSA) is 78.4 Å². The number of H-pyrrole nitrogens is 1. The van der Waals surface area contributed by atoms with Gasteiger partial charge in [-0.1, -0.05) is 6.07 Å². The number of oxazole rings is 1. The van der Waals surface area contributed by atoms with Crippen LogP contribution in [-0.4, -0.2) is 57.6 Å².